The van der Waals surface area contributed by atoms with Gasteiger partial charge >= 0.3 is 0 Å². The third-order valence-electron chi connectivity index (χ3n) is 7.70. The van der Waals surface area contributed by atoms with E-state index in [0.717, 1.165) is 18.9 Å². The summed E-state index contributed by atoms with van der Waals surface area (Å²) in [5, 5.41) is 12.7. The number of benzene rings is 3. The Morgan fingerprint density at radius 3 is 2.42 bits per heavy atom. The van der Waals surface area contributed by atoms with Gasteiger partial charge in [-0.2, -0.15) is 0 Å². The van der Waals surface area contributed by atoms with E-state index in [1.54, 1.807) is 0 Å². The maximum atomic E-state index is 10.3. The van der Waals surface area contributed by atoms with Gasteiger partial charge in [0.05, 0.1) is 0 Å². The zero-order valence-corrected chi connectivity index (χ0v) is 20.0. The molecule has 0 aromatic heterocycles. The molecule has 2 aliphatic rings. The van der Waals surface area contributed by atoms with Crippen molar-refractivity contribution in [3.05, 3.63) is 59.7 Å². The van der Waals surface area contributed by atoms with Crippen molar-refractivity contribution >= 4 is 10.8 Å². The van der Waals surface area contributed by atoms with Crippen molar-refractivity contribution in [1.82, 2.24) is 4.90 Å². The minimum atomic E-state index is 0.350. The average Bonchev–Trinajstić information content (AvgIpc) is 2.85. The molecule has 33 heavy (non-hydrogen) atoms. The number of phenolic OH excluding ortho intramolecular Hbond substituents is 1. The van der Waals surface area contributed by atoms with Crippen LogP contribution < -0.4 is 4.74 Å². The molecule has 0 unspecified atom stereocenters. The highest BCUT2D eigenvalue weighted by Crippen LogP contribution is 2.41. The molecule has 2 fully saturated rings. The first-order valence-corrected chi connectivity index (χ1v) is 12.9. The summed E-state index contributed by atoms with van der Waals surface area (Å²) in [6.45, 7) is 6.32. The predicted molar refractivity (Wildman–Crippen MR) is 137 cm³/mol. The lowest BCUT2D eigenvalue weighted by Gasteiger charge is -2.26. The van der Waals surface area contributed by atoms with Gasteiger partial charge in [-0.1, -0.05) is 49.9 Å². The Morgan fingerprint density at radius 2 is 1.61 bits per heavy atom. The smallest absolute Gasteiger partial charge is 0.120 e. The van der Waals surface area contributed by atoms with E-state index in [0.29, 0.717) is 11.7 Å². The van der Waals surface area contributed by atoms with E-state index < -0.39 is 0 Å². The summed E-state index contributed by atoms with van der Waals surface area (Å²) in [5.74, 6) is 1.89. The average molecular weight is 444 g/mol. The topological polar surface area (TPSA) is 32.7 Å². The van der Waals surface area contributed by atoms with Gasteiger partial charge in [0.2, 0.25) is 0 Å². The van der Waals surface area contributed by atoms with Crippen molar-refractivity contribution in [2.75, 3.05) is 26.2 Å². The predicted octanol–water partition coefficient (Wildman–Crippen LogP) is 7.43. The third-order valence-corrected chi connectivity index (χ3v) is 7.70. The summed E-state index contributed by atoms with van der Waals surface area (Å²) in [4.78, 5) is 2.52. The fourth-order valence-electron chi connectivity index (χ4n) is 5.82. The van der Waals surface area contributed by atoms with Crippen LogP contribution in [-0.2, 0) is 0 Å². The highest BCUT2D eigenvalue weighted by molar-refractivity contribution is 6.00. The first kappa shape index (κ1) is 22.3. The van der Waals surface area contributed by atoms with Crippen LogP contribution in [0, 0.1) is 6.92 Å². The molecule has 0 amide bonds. The summed E-state index contributed by atoms with van der Waals surface area (Å²) in [5.41, 5.74) is 5.09. The maximum absolute atomic E-state index is 10.3. The number of aromatic hydroxyl groups is 1. The quantitative estimate of drug-likeness (QED) is 0.430. The summed E-state index contributed by atoms with van der Waals surface area (Å²) in [6.07, 6.45) is 10.5. The normalized spacial score (nSPS) is 18.0. The second-order valence-electron chi connectivity index (χ2n) is 9.99. The lowest BCUT2D eigenvalue weighted by Crippen LogP contribution is -2.33. The molecule has 0 spiro atoms. The van der Waals surface area contributed by atoms with Gasteiger partial charge < -0.3 is 9.84 Å². The van der Waals surface area contributed by atoms with Crippen molar-refractivity contribution in [3.63, 3.8) is 0 Å². The summed E-state index contributed by atoms with van der Waals surface area (Å²) in [6, 6.07) is 17.0. The van der Waals surface area contributed by atoms with E-state index in [-0.39, 0.29) is 0 Å². The number of hydrogen-bond acceptors (Lipinski definition) is 3. The molecule has 0 radical (unpaired) electrons. The van der Waals surface area contributed by atoms with Crippen molar-refractivity contribution < 1.29 is 9.84 Å². The number of hydrogen-bond donors (Lipinski definition) is 1. The number of piperidine rings is 1. The second kappa shape index (κ2) is 10.2. The zero-order valence-electron chi connectivity index (χ0n) is 20.0. The minimum Gasteiger partial charge on any atom is -0.508 e. The standard InChI is InChI=1S/C30H37NO2/c1-22-10-12-25(33-19-18-31-16-6-3-7-17-31)21-29(22)27-15-14-26(23-8-4-2-5-9-23)30-20-24(32)11-13-28(27)30/h10-15,20-21,23,32H,2-9,16-19H2,1H3. The molecule has 1 aliphatic heterocycles. The molecule has 0 bridgehead atoms. The van der Waals surface area contributed by atoms with Crippen LogP contribution in [0.25, 0.3) is 21.9 Å². The molecule has 0 atom stereocenters. The van der Waals surface area contributed by atoms with Gasteiger partial charge in [-0.25, -0.2) is 0 Å². The molecule has 1 heterocycles. The fraction of sp³-hybridized carbons (Fsp3) is 0.467. The largest absolute Gasteiger partial charge is 0.508 e. The molecular formula is C30H37NO2. The third kappa shape index (κ3) is 5.04. The Morgan fingerprint density at radius 1 is 0.818 bits per heavy atom. The van der Waals surface area contributed by atoms with E-state index in [2.05, 4.69) is 48.2 Å². The maximum Gasteiger partial charge on any atom is 0.120 e. The van der Waals surface area contributed by atoms with E-state index >= 15 is 0 Å². The molecule has 1 N–H and O–H groups in total. The van der Waals surface area contributed by atoms with Gasteiger partial charge in [0.25, 0.3) is 0 Å². The van der Waals surface area contributed by atoms with Gasteiger partial charge in [0.1, 0.15) is 18.1 Å². The van der Waals surface area contributed by atoms with Crippen molar-refractivity contribution in [2.24, 2.45) is 0 Å². The first-order chi connectivity index (χ1) is 16.2. The van der Waals surface area contributed by atoms with Gasteiger partial charge in [0, 0.05) is 6.54 Å². The number of rotatable bonds is 6. The molecule has 1 saturated heterocycles. The molecule has 5 rings (SSSR count). The number of likely N-dealkylation sites (tertiary alicyclic amines) is 1. The Labute approximate surface area is 198 Å². The molecule has 174 valence electrons. The van der Waals surface area contributed by atoms with Gasteiger partial charge in [0.15, 0.2) is 0 Å². The molecule has 1 saturated carbocycles. The number of ether oxygens (including phenoxy) is 1. The molecule has 1 aliphatic carbocycles. The van der Waals surface area contributed by atoms with Crippen LogP contribution in [0.2, 0.25) is 0 Å². The molecular weight excluding hydrogens is 406 g/mol. The Hall–Kier alpha value is -2.52. The molecule has 3 aromatic carbocycles. The summed E-state index contributed by atoms with van der Waals surface area (Å²) >= 11 is 0. The van der Waals surface area contributed by atoms with E-state index in [1.807, 2.05) is 12.1 Å². The first-order valence-electron chi connectivity index (χ1n) is 12.9. The summed E-state index contributed by atoms with van der Waals surface area (Å²) in [7, 11) is 0. The van der Waals surface area contributed by atoms with Crippen LogP contribution in [0.1, 0.15) is 68.4 Å². The highest BCUT2D eigenvalue weighted by atomic mass is 16.5. The number of fused-ring (bicyclic) bond motifs is 1. The van der Waals surface area contributed by atoms with Crippen LogP contribution in [0.3, 0.4) is 0 Å². The zero-order chi connectivity index (χ0) is 22.6. The Bertz CT molecular complexity index is 1090. The lowest BCUT2D eigenvalue weighted by atomic mass is 9.80. The van der Waals surface area contributed by atoms with Gasteiger partial charge in [-0.15, -0.1) is 0 Å². The van der Waals surface area contributed by atoms with Crippen LogP contribution in [0.5, 0.6) is 11.5 Å². The second-order valence-corrected chi connectivity index (χ2v) is 9.99. The SMILES string of the molecule is Cc1ccc(OCCN2CCCCC2)cc1-c1ccc(C2CCCCC2)c2cc(O)ccc12. The molecule has 3 heteroatoms. The fourth-order valence-corrected chi connectivity index (χ4v) is 5.82. The van der Waals surface area contributed by atoms with Crippen LogP contribution in [-0.4, -0.2) is 36.2 Å². The number of phenols is 1. The van der Waals surface area contributed by atoms with Crippen LogP contribution >= 0.6 is 0 Å². The number of aryl methyl sites for hydroxylation is 1. The van der Waals surface area contributed by atoms with Crippen LogP contribution in [0.15, 0.2) is 48.5 Å². The number of nitrogens with zero attached hydrogens (tertiary/aromatic N) is 1. The minimum absolute atomic E-state index is 0.350. The lowest BCUT2D eigenvalue weighted by molar-refractivity contribution is 0.183. The Balaban J connectivity index is 1.44. The van der Waals surface area contributed by atoms with Crippen LogP contribution in [0.4, 0.5) is 0 Å². The Kier molecular flexibility index (Phi) is 6.87. The van der Waals surface area contributed by atoms with Crippen molar-refractivity contribution in [3.8, 4) is 22.6 Å². The van der Waals surface area contributed by atoms with Crippen molar-refractivity contribution in [1.29, 1.82) is 0 Å². The monoisotopic (exact) mass is 443 g/mol. The van der Waals surface area contributed by atoms with Gasteiger partial charge in [-0.05, 0) is 109 Å². The van der Waals surface area contributed by atoms with Crippen molar-refractivity contribution in [2.45, 2.75) is 64.2 Å². The summed E-state index contributed by atoms with van der Waals surface area (Å²) < 4.78 is 6.19. The van der Waals surface area contributed by atoms with E-state index in [9.17, 15) is 5.11 Å². The molecule has 3 aromatic rings. The molecule has 3 nitrogen and oxygen atoms in total. The van der Waals surface area contributed by atoms with E-state index in [1.165, 1.54) is 97.5 Å². The van der Waals surface area contributed by atoms with Gasteiger partial charge in [-0.3, -0.25) is 4.90 Å². The highest BCUT2D eigenvalue weighted by Gasteiger charge is 2.20. The van der Waals surface area contributed by atoms with E-state index in [4.69, 9.17) is 4.74 Å².